The van der Waals surface area contributed by atoms with E-state index in [4.69, 9.17) is 11.6 Å². The van der Waals surface area contributed by atoms with Crippen LogP contribution in [0, 0.1) is 0 Å². The summed E-state index contributed by atoms with van der Waals surface area (Å²) in [6.07, 6.45) is 6.74. The summed E-state index contributed by atoms with van der Waals surface area (Å²) in [6.45, 7) is 2.44. The molecule has 2 aliphatic heterocycles. The highest BCUT2D eigenvalue weighted by molar-refractivity contribution is 6.28. The van der Waals surface area contributed by atoms with Gasteiger partial charge in [-0.05, 0) is 43.8 Å². The molecule has 0 saturated carbocycles. The molecule has 0 aromatic carbocycles. The molecule has 2 N–H and O–H groups in total. The zero-order chi connectivity index (χ0) is 13.5. The van der Waals surface area contributed by atoms with Crippen molar-refractivity contribution in [2.75, 3.05) is 18.4 Å². The fourth-order valence-corrected chi connectivity index (χ4v) is 3.64. The van der Waals surface area contributed by atoms with Crippen LogP contribution in [0.15, 0.2) is 6.20 Å². The molecule has 2 atom stereocenters. The molecule has 2 aromatic heterocycles. The van der Waals surface area contributed by atoms with Crippen LogP contribution in [0.1, 0.15) is 25.7 Å². The number of halogens is 1. The average Bonchev–Trinajstić information content (AvgIpc) is 3.05. The number of H-pyrrole nitrogens is 1. The van der Waals surface area contributed by atoms with Crippen LogP contribution in [0.2, 0.25) is 5.28 Å². The predicted molar refractivity (Wildman–Crippen MR) is 77.9 cm³/mol. The molecule has 0 aliphatic carbocycles. The summed E-state index contributed by atoms with van der Waals surface area (Å²) in [5.74, 6) is 0.796. The van der Waals surface area contributed by atoms with Gasteiger partial charge < -0.3 is 10.2 Å². The average molecular weight is 293 g/mol. The Bertz CT molecular complexity index is 626. The number of hydrogen-bond acceptors (Lipinski definition) is 5. The third-order valence-electron chi connectivity index (χ3n) is 4.44. The van der Waals surface area contributed by atoms with E-state index in [2.05, 4.69) is 30.4 Å². The third kappa shape index (κ3) is 2.13. The minimum absolute atomic E-state index is 0.252. The molecule has 20 heavy (non-hydrogen) atoms. The van der Waals surface area contributed by atoms with E-state index in [1.165, 1.54) is 32.4 Å². The predicted octanol–water partition coefficient (Wildman–Crippen LogP) is 2.04. The number of aromatic nitrogens is 4. The lowest BCUT2D eigenvalue weighted by Crippen LogP contribution is -2.42. The molecule has 0 radical (unpaired) electrons. The van der Waals surface area contributed by atoms with E-state index in [1.54, 1.807) is 6.20 Å². The Morgan fingerprint density at radius 2 is 2.25 bits per heavy atom. The molecule has 4 heterocycles. The van der Waals surface area contributed by atoms with Gasteiger partial charge >= 0.3 is 0 Å². The van der Waals surface area contributed by atoms with Crippen LogP contribution in [-0.2, 0) is 0 Å². The summed E-state index contributed by atoms with van der Waals surface area (Å²) in [6, 6.07) is 1.19. The van der Waals surface area contributed by atoms with Gasteiger partial charge in [0.05, 0.1) is 11.6 Å². The minimum Gasteiger partial charge on any atom is -0.366 e. The van der Waals surface area contributed by atoms with E-state index in [9.17, 15) is 0 Å². The van der Waals surface area contributed by atoms with Crippen molar-refractivity contribution in [1.82, 2.24) is 25.1 Å². The Labute approximate surface area is 121 Å². The Hall–Kier alpha value is -1.40. The van der Waals surface area contributed by atoms with Crippen LogP contribution in [0.25, 0.3) is 11.0 Å². The lowest BCUT2D eigenvalue weighted by atomic mass is 9.97. The Kier molecular flexibility index (Phi) is 3.00. The molecule has 4 rings (SSSR count). The molecule has 2 unspecified atom stereocenters. The van der Waals surface area contributed by atoms with Crippen LogP contribution < -0.4 is 5.32 Å². The zero-order valence-corrected chi connectivity index (χ0v) is 11.9. The number of anilines is 1. The van der Waals surface area contributed by atoms with Gasteiger partial charge in [0.15, 0.2) is 5.65 Å². The molecule has 2 saturated heterocycles. The van der Waals surface area contributed by atoms with Crippen molar-refractivity contribution in [2.24, 2.45) is 0 Å². The van der Waals surface area contributed by atoms with Gasteiger partial charge in [0, 0.05) is 18.6 Å². The monoisotopic (exact) mass is 292 g/mol. The molecule has 2 aliphatic rings. The zero-order valence-electron chi connectivity index (χ0n) is 11.1. The largest absolute Gasteiger partial charge is 0.366 e. The van der Waals surface area contributed by atoms with Gasteiger partial charge in [0.2, 0.25) is 5.28 Å². The SMILES string of the molecule is Clc1nc(NC2CCN3CCCC3C2)c2cn[nH]c2n1. The van der Waals surface area contributed by atoms with E-state index in [-0.39, 0.29) is 5.28 Å². The highest BCUT2D eigenvalue weighted by Gasteiger charge is 2.31. The summed E-state index contributed by atoms with van der Waals surface area (Å²) in [5.41, 5.74) is 0.686. The fraction of sp³-hybridized carbons (Fsp3) is 0.615. The van der Waals surface area contributed by atoms with Crippen molar-refractivity contribution in [3.8, 4) is 0 Å². The highest BCUT2D eigenvalue weighted by Crippen LogP contribution is 2.29. The molecule has 2 aromatic rings. The number of nitrogens with one attached hydrogen (secondary N) is 2. The molecule has 0 amide bonds. The fourth-order valence-electron chi connectivity index (χ4n) is 3.47. The van der Waals surface area contributed by atoms with Gasteiger partial charge in [-0.15, -0.1) is 0 Å². The van der Waals surface area contributed by atoms with E-state index >= 15 is 0 Å². The Morgan fingerprint density at radius 1 is 1.30 bits per heavy atom. The van der Waals surface area contributed by atoms with Gasteiger partial charge in [0.25, 0.3) is 0 Å². The normalized spacial score (nSPS) is 26.9. The number of nitrogens with zero attached hydrogens (tertiary/aromatic N) is 4. The van der Waals surface area contributed by atoms with Crippen molar-refractivity contribution in [1.29, 1.82) is 0 Å². The first-order valence-corrected chi connectivity index (χ1v) is 7.54. The first kappa shape index (κ1) is 12.3. The van der Waals surface area contributed by atoms with E-state index in [0.29, 0.717) is 11.7 Å². The molecule has 0 bridgehead atoms. The molecule has 2 fully saturated rings. The summed E-state index contributed by atoms with van der Waals surface area (Å²) < 4.78 is 0. The molecule has 0 spiro atoms. The third-order valence-corrected chi connectivity index (χ3v) is 4.61. The molecule has 6 nitrogen and oxygen atoms in total. The van der Waals surface area contributed by atoms with Gasteiger partial charge in [-0.3, -0.25) is 5.10 Å². The molecule has 7 heteroatoms. The molecular weight excluding hydrogens is 276 g/mol. The topological polar surface area (TPSA) is 69.7 Å². The van der Waals surface area contributed by atoms with Crippen molar-refractivity contribution < 1.29 is 0 Å². The quantitative estimate of drug-likeness (QED) is 0.829. The van der Waals surface area contributed by atoms with Crippen LogP contribution >= 0.6 is 11.6 Å². The summed E-state index contributed by atoms with van der Waals surface area (Å²) in [5, 5.41) is 11.6. The van der Waals surface area contributed by atoms with Crippen LogP contribution in [0.5, 0.6) is 0 Å². The van der Waals surface area contributed by atoms with Crippen molar-refractivity contribution >= 4 is 28.5 Å². The van der Waals surface area contributed by atoms with Crippen molar-refractivity contribution in [3.05, 3.63) is 11.5 Å². The summed E-state index contributed by atoms with van der Waals surface area (Å²) in [7, 11) is 0. The maximum Gasteiger partial charge on any atom is 0.226 e. The number of rotatable bonds is 2. The second-order valence-electron chi connectivity index (χ2n) is 5.67. The van der Waals surface area contributed by atoms with Crippen LogP contribution in [0.3, 0.4) is 0 Å². The number of fused-ring (bicyclic) bond motifs is 2. The van der Waals surface area contributed by atoms with Gasteiger partial charge in [-0.2, -0.15) is 15.1 Å². The van der Waals surface area contributed by atoms with E-state index < -0.39 is 0 Å². The molecule has 106 valence electrons. The van der Waals surface area contributed by atoms with Crippen LogP contribution in [-0.4, -0.2) is 50.2 Å². The van der Waals surface area contributed by atoms with E-state index in [1.807, 2.05) is 0 Å². The number of piperidine rings is 1. The standard InChI is InChI=1S/C13H17ClN6/c14-13-17-11(10-7-15-19-12(10)18-13)16-8-3-5-20-4-1-2-9(20)6-8/h7-9H,1-6H2,(H2,15,16,17,18,19). The summed E-state index contributed by atoms with van der Waals surface area (Å²) >= 11 is 5.97. The molecular formula is C13H17ClN6. The maximum absolute atomic E-state index is 5.97. The van der Waals surface area contributed by atoms with Crippen molar-refractivity contribution in [3.63, 3.8) is 0 Å². The highest BCUT2D eigenvalue weighted by atomic mass is 35.5. The number of aromatic amines is 1. The van der Waals surface area contributed by atoms with Gasteiger partial charge in [-0.25, -0.2) is 0 Å². The van der Waals surface area contributed by atoms with Gasteiger partial charge in [0.1, 0.15) is 5.82 Å². The Morgan fingerprint density at radius 3 is 3.20 bits per heavy atom. The van der Waals surface area contributed by atoms with Crippen LogP contribution in [0.4, 0.5) is 5.82 Å². The first-order chi connectivity index (χ1) is 9.79. The lowest BCUT2D eigenvalue weighted by Gasteiger charge is -2.35. The smallest absolute Gasteiger partial charge is 0.226 e. The maximum atomic E-state index is 5.97. The van der Waals surface area contributed by atoms with E-state index in [0.717, 1.165) is 23.7 Å². The second kappa shape index (κ2) is 4.86. The second-order valence-corrected chi connectivity index (χ2v) is 6.01. The Balaban J connectivity index is 1.56. The minimum atomic E-state index is 0.252. The lowest BCUT2D eigenvalue weighted by molar-refractivity contribution is 0.188. The first-order valence-electron chi connectivity index (χ1n) is 7.17. The van der Waals surface area contributed by atoms with Gasteiger partial charge in [-0.1, -0.05) is 0 Å². The van der Waals surface area contributed by atoms with Crippen molar-refractivity contribution in [2.45, 2.75) is 37.8 Å². The summed E-state index contributed by atoms with van der Waals surface area (Å²) in [4.78, 5) is 11.1. The number of hydrogen-bond donors (Lipinski definition) is 2.